The quantitative estimate of drug-likeness (QED) is 0.143. The Morgan fingerprint density at radius 3 is 1.68 bits per heavy atom. The third kappa shape index (κ3) is 14.5. The number of rotatable bonds is 18. The molecule has 158 valence electrons. The summed E-state index contributed by atoms with van der Waals surface area (Å²) in [5.74, 6) is -0.284. The minimum atomic E-state index is -0.284. The van der Waals surface area contributed by atoms with E-state index in [1.807, 2.05) is 24.3 Å². The van der Waals surface area contributed by atoms with Crippen LogP contribution >= 0.6 is 0 Å². The van der Waals surface area contributed by atoms with Crippen molar-refractivity contribution in [3.8, 4) is 0 Å². The van der Waals surface area contributed by atoms with E-state index < -0.39 is 0 Å². The lowest BCUT2D eigenvalue weighted by Crippen LogP contribution is -1.99. The highest BCUT2D eigenvalue weighted by molar-refractivity contribution is 5.89. The summed E-state index contributed by atoms with van der Waals surface area (Å²) >= 11 is 0. The van der Waals surface area contributed by atoms with E-state index >= 15 is 0 Å². The molecule has 0 radical (unpaired) electrons. The molecular weight excluding hydrogens is 344 g/mol. The average molecular weight is 387 g/mol. The molecule has 2 nitrogen and oxygen atoms in total. The Balaban J connectivity index is 1.79. The summed E-state index contributed by atoms with van der Waals surface area (Å²) in [5.41, 5.74) is 0.596. The van der Waals surface area contributed by atoms with Crippen molar-refractivity contribution in [2.75, 3.05) is 0 Å². The van der Waals surface area contributed by atoms with Gasteiger partial charge >= 0.3 is 5.97 Å². The molecule has 28 heavy (non-hydrogen) atoms. The molecule has 0 amide bonds. The summed E-state index contributed by atoms with van der Waals surface area (Å²) in [6, 6.07) is 9.12. The fourth-order valence-corrected chi connectivity index (χ4v) is 3.45. The maximum Gasteiger partial charge on any atom is 0.342 e. The molecule has 0 unspecified atom stereocenters. The van der Waals surface area contributed by atoms with Crippen LogP contribution in [-0.2, 0) is 4.74 Å². The van der Waals surface area contributed by atoms with Gasteiger partial charge in [0.15, 0.2) is 0 Å². The first kappa shape index (κ1) is 24.5. The Morgan fingerprint density at radius 2 is 1.18 bits per heavy atom. The van der Waals surface area contributed by atoms with E-state index in [9.17, 15) is 4.79 Å². The molecule has 0 bridgehead atoms. The highest BCUT2D eigenvalue weighted by atomic mass is 16.5. The second-order valence-corrected chi connectivity index (χ2v) is 7.88. The molecule has 2 heteroatoms. The Hall–Kier alpha value is -1.57. The van der Waals surface area contributed by atoms with Crippen molar-refractivity contribution in [2.24, 2.45) is 0 Å². The SMILES string of the molecule is CCCCCCCCCCCCCCCCCC=COC(=O)c1ccccc1. The number of ether oxygens (including phenoxy) is 1. The number of benzene rings is 1. The third-order valence-corrected chi connectivity index (χ3v) is 5.26. The van der Waals surface area contributed by atoms with E-state index in [-0.39, 0.29) is 5.97 Å². The molecule has 0 heterocycles. The Bertz CT molecular complexity index is 492. The molecular formula is C26H42O2. The molecule has 1 aromatic carbocycles. The van der Waals surface area contributed by atoms with Gasteiger partial charge < -0.3 is 4.74 Å². The van der Waals surface area contributed by atoms with Crippen LogP contribution in [-0.4, -0.2) is 5.97 Å². The van der Waals surface area contributed by atoms with Crippen LogP contribution in [0.25, 0.3) is 0 Å². The number of hydrogen-bond acceptors (Lipinski definition) is 2. The average Bonchev–Trinajstić information content (AvgIpc) is 2.73. The van der Waals surface area contributed by atoms with Crippen LogP contribution in [0, 0.1) is 0 Å². The monoisotopic (exact) mass is 386 g/mol. The van der Waals surface area contributed by atoms with Crippen molar-refractivity contribution in [3.63, 3.8) is 0 Å². The van der Waals surface area contributed by atoms with Gasteiger partial charge in [-0.15, -0.1) is 0 Å². The number of esters is 1. The van der Waals surface area contributed by atoms with E-state index in [0.717, 1.165) is 6.42 Å². The van der Waals surface area contributed by atoms with Gasteiger partial charge in [-0.05, 0) is 31.1 Å². The minimum Gasteiger partial charge on any atom is -0.431 e. The lowest BCUT2D eigenvalue weighted by molar-refractivity contribution is 0.0662. The van der Waals surface area contributed by atoms with Crippen LogP contribution in [0.15, 0.2) is 42.7 Å². The van der Waals surface area contributed by atoms with Gasteiger partial charge in [0.2, 0.25) is 0 Å². The molecule has 0 aromatic heterocycles. The molecule has 0 atom stereocenters. The fraction of sp³-hybridized carbons (Fsp3) is 0.654. The minimum absolute atomic E-state index is 0.284. The van der Waals surface area contributed by atoms with Crippen LogP contribution in [0.2, 0.25) is 0 Å². The Morgan fingerprint density at radius 1 is 0.714 bits per heavy atom. The lowest BCUT2D eigenvalue weighted by Gasteiger charge is -2.03. The van der Waals surface area contributed by atoms with Crippen molar-refractivity contribution in [3.05, 3.63) is 48.2 Å². The van der Waals surface area contributed by atoms with Crippen LogP contribution in [0.4, 0.5) is 0 Å². The first-order chi connectivity index (χ1) is 13.8. The normalized spacial score (nSPS) is 11.2. The zero-order valence-corrected chi connectivity index (χ0v) is 18.2. The van der Waals surface area contributed by atoms with Crippen molar-refractivity contribution in [1.82, 2.24) is 0 Å². The van der Waals surface area contributed by atoms with Gasteiger partial charge in [-0.1, -0.05) is 115 Å². The summed E-state index contributed by atoms with van der Waals surface area (Å²) in [6.07, 6.45) is 25.2. The number of allylic oxidation sites excluding steroid dienone is 1. The first-order valence-electron chi connectivity index (χ1n) is 11.8. The van der Waals surface area contributed by atoms with Gasteiger partial charge in [0, 0.05) is 0 Å². The summed E-state index contributed by atoms with van der Waals surface area (Å²) in [6.45, 7) is 2.28. The van der Waals surface area contributed by atoms with E-state index in [2.05, 4.69) is 6.92 Å². The highest BCUT2D eigenvalue weighted by Gasteiger charge is 2.02. The molecule has 1 aromatic rings. The summed E-state index contributed by atoms with van der Waals surface area (Å²) in [5, 5.41) is 0. The largest absolute Gasteiger partial charge is 0.431 e. The molecule has 0 N–H and O–H groups in total. The van der Waals surface area contributed by atoms with Gasteiger partial charge in [0.25, 0.3) is 0 Å². The third-order valence-electron chi connectivity index (χ3n) is 5.26. The number of unbranched alkanes of at least 4 members (excludes halogenated alkanes) is 15. The van der Waals surface area contributed by atoms with Crippen molar-refractivity contribution in [1.29, 1.82) is 0 Å². The molecule has 0 aliphatic rings. The predicted octanol–water partition coefficient (Wildman–Crippen LogP) is 8.62. The number of carbonyl (C=O) groups excluding carboxylic acids is 1. The Kier molecular flexibility index (Phi) is 16.4. The zero-order valence-electron chi connectivity index (χ0n) is 18.2. The lowest BCUT2D eigenvalue weighted by atomic mass is 10.0. The molecule has 0 saturated heterocycles. The van der Waals surface area contributed by atoms with Crippen molar-refractivity contribution < 1.29 is 9.53 Å². The molecule has 0 saturated carbocycles. The number of hydrogen-bond donors (Lipinski definition) is 0. The smallest absolute Gasteiger partial charge is 0.342 e. The maximum absolute atomic E-state index is 11.7. The maximum atomic E-state index is 11.7. The van der Waals surface area contributed by atoms with Gasteiger partial charge in [0.05, 0.1) is 11.8 Å². The molecule has 1 rings (SSSR count). The zero-order chi connectivity index (χ0) is 20.1. The van der Waals surface area contributed by atoms with E-state index in [1.165, 1.54) is 96.3 Å². The van der Waals surface area contributed by atoms with Gasteiger partial charge in [-0.2, -0.15) is 0 Å². The van der Waals surface area contributed by atoms with Crippen LogP contribution < -0.4 is 0 Å². The van der Waals surface area contributed by atoms with Gasteiger partial charge in [0.1, 0.15) is 0 Å². The van der Waals surface area contributed by atoms with Gasteiger partial charge in [-0.25, -0.2) is 4.79 Å². The summed E-state index contributed by atoms with van der Waals surface area (Å²) < 4.78 is 5.13. The van der Waals surface area contributed by atoms with E-state index in [4.69, 9.17) is 4.74 Å². The van der Waals surface area contributed by atoms with Crippen molar-refractivity contribution in [2.45, 2.75) is 110 Å². The van der Waals surface area contributed by atoms with Crippen molar-refractivity contribution >= 4 is 5.97 Å². The molecule has 0 fully saturated rings. The van der Waals surface area contributed by atoms with Crippen LogP contribution in [0.3, 0.4) is 0 Å². The summed E-state index contributed by atoms with van der Waals surface area (Å²) in [4.78, 5) is 11.7. The number of carbonyl (C=O) groups is 1. The van der Waals surface area contributed by atoms with E-state index in [1.54, 1.807) is 18.4 Å². The van der Waals surface area contributed by atoms with E-state index in [0.29, 0.717) is 5.56 Å². The van der Waals surface area contributed by atoms with Gasteiger partial charge in [-0.3, -0.25) is 0 Å². The topological polar surface area (TPSA) is 26.3 Å². The standard InChI is InChI=1S/C26H42O2/c1-2-3-4-5-6-7-8-9-10-11-12-13-14-15-16-17-21-24-28-26(27)25-22-19-18-20-23-25/h18-24H,2-17H2,1H3. The summed E-state index contributed by atoms with van der Waals surface area (Å²) in [7, 11) is 0. The molecule has 0 spiro atoms. The predicted molar refractivity (Wildman–Crippen MR) is 121 cm³/mol. The molecule has 0 aliphatic heterocycles. The second-order valence-electron chi connectivity index (χ2n) is 7.88. The highest BCUT2D eigenvalue weighted by Crippen LogP contribution is 2.13. The molecule has 0 aliphatic carbocycles. The first-order valence-corrected chi connectivity index (χ1v) is 11.8. The van der Waals surface area contributed by atoms with Crippen LogP contribution in [0.5, 0.6) is 0 Å². The second kappa shape index (κ2) is 18.8. The Labute approximate surface area is 173 Å². The van der Waals surface area contributed by atoms with Crippen LogP contribution in [0.1, 0.15) is 120 Å². The fourth-order valence-electron chi connectivity index (χ4n) is 3.45.